The summed E-state index contributed by atoms with van der Waals surface area (Å²) >= 11 is 0. The number of aryl methyl sites for hydroxylation is 1. The lowest BCUT2D eigenvalue weighted by Gasteiger charge is -2.38. The third-order valence-electron chi connectivity index (χ3n) is 5.91. The topological polar surface area (TPSA) is 75.5 Å². The molecular weight excluding hydrogens is 376 g/mol. The van der Waals surface area contributed by atoms with Crippen LogP contribution in [0.3, 0.4) is 0 Å². The lowest BCUT2D eigenvalue weighted by molar-refractivity contribution is -0.137. The van der Waals surface area contributed by atoms with E-state index < -0.39 is 10.0 Å². The number of aromatic nitrogens is 2. The van der Waals surface area contributed by atoms with Gasteiger partial charge in [0.15, 0.2) is 0 Å². The average Bonchev–Trinajstić information content (AvgIpc) is 3.12. The molecule has 0 saturated carbocycles. The summed E-state index contributed by atoms with van der Waals surface area (Å²) in [4.78, 5) is 15.2. The van der Waals surface area contributed by atoms with Crippen LogP contribution in [0.1, 0.15) is 35.4 Å². The minimum Gasteiger partial charge on any atom is -0.337 e. The van der Waals surface area contributed by atoms with Gasteiger partial charge in [0.2, 0.25) is 15.9 Å². The van der Waals surface area contributed by atoms with Crippen molar-refractivity contribution in [2.24, 2.45) is 13.0 Å². The highest BCUT2D eigenvalue weighted by Gasteiger charge is 2.35. The maximum absolute atomic E-state index is 13.2. The largest absolute Gasteiger partial charge is 0.337 e. The molecule has 1 atom stereocenters. The highest BCUT2D eigenvalue weighted by Crippen LogP contribution is 2.34. The minimum atomic E-state index is -3.18. The van der Waals surface area contributed by atoms with Crippen molar-refractivity contribution in [1.29, 1.82) is 0 Å². The maximum atomic E-state index is 13.2. The molecule has 3 heterocycles. The first-order chi connectivity index (χ1) is 13.3. The zero-order chi connectivity index (χ0) is 19.9. The van der Waals surface area contributed by atoms with Gasteiger partial charge >= 0.3 is 0 Å². The van der Waals surface area contributed by atoms with E-state index >= 15 is 0 Å². The first-order valence-electron chi connectivity index (χ1n) is 9.63. The molecule has 0 bridgehead atoms. The fourth-order valence-corrected chi connectivity index (χ4v) is 5.25. The third kappa shape index (κ3) is 3.71. The molecule has 2 aliphatic rings. The predicted molar refractivity (Wildman–Crippen MR) is 106 cm³/mol. The maximum Gasteiger partial charge on any atom is 0.226 e. The fraction of sp³-hybridized carbons (Fsp3) is 0.500. The molecule has 1 fully saturated rings. The monoisotopic (exact) mass is 402 g/mol. The van der Waals surface area contributed by atoms with Crippen LogP contribution in [0, 0.1) is 5.92 Å². The van der Waals surface area contributed by atoms with E-state index in [0.29, 0.717) is 39.0 Å². The highest BCUT2D eigenvalue weighted by atomic mass is 32.2. The van der Waals surface area contributed by atoms with Crippen LogP contribution in [-0.2, 0) is 28.4 Å². The third-order valence-corrected chi connectivity index (χ3v) is 7.21. The minimum absolute atomic E-state index is 0.110. The predicted octanol–water partition coefficient (Wildman–Crippen LogP) is 1.57. The number of rotatable bonds is 3. The number of benzene rings is 1. The Morgan fingerprint density at radius 2 is 1.89 bits per heavy atom. The number of hydrogen-bond acceptors (Lipinski definition) is 4. The molecule has 0 spiro atoms. The average molecular weight is 403 g/mol. The van der Waals surface area contributed by atoms with Crippen molar-refractivity contribution in [3.8, 4) is 0 Å². The number of amides is 1. The number of carbonyl (C=O) groups excluding carboxylic acids is 1. The van der Waals surface area contributed by atoms with Crippen molar-refractivity contribution >= 4 is 15.9 Å². The highest BCUT2D eigenvalue weighted by molar-refractivity contribution is 7.88. The molecule has 0 unspecified atom stereocenters. The van der Waals surface area contributed by atoms with E-state index in [-0.39, 0.29) is 17.7 Å². The van der Waals surface area contributed by atoms with Crippen LogP contribution in [0.5, 0.6) is 0 Å². The Labute approximate surface area is 166 Å². The van der Waals surface area contributed by atoms with Gasteiger partial charge in [-0.05, 0) is 29.5 Å². The van der Waals surface area contributed by atoms with Gasteiger partial charge in [-0.25, -0.2) is 12.7 Å². The second kappa shape index (κ2) is 7.33. The zero-order valence-electron chi connectivity index (χ0n) is 16.3. The van der Waals surface area contributed by atoms with Crippen molar-refractivity contribution < 1.29 is 13.2 Å². The van der Waals surface area contributed by atoms with Gasteiger partial charge in [-0.2, -0.15) is 5.10 Å². The van der Waals surface area contributed by atoms with Gasteiger partial charge in [0.25, 0.3) is 0 Å². The summed E-state index contributed by atoms with van der Waals surface area (Å²) in [6.45, 7) is 2.09. The smallest absolute Gasteiger partial charge is 0.226 e. The van der Waals surface area contributed by atoms with Crippen molar-refractivity contribution in [2.75, 3.05) is 25.9 Å². The van der Waals surface area contributed by atoms with Crippen LogP contribution >= 0.6 is 0 Å². The molecule has 4 rings (SSSR count). The molecule has 1 amide bonds. The van der Waals surface area contributed by atoms with Gasteiger partial charge in [0, 0.05) is 51.3 Å². The summed E-state index contributed by atoms with van der Waals surface area (Å²) in [7, 11) is -1.28. The van der Waals surface area contributed by atoms with Crippen molar-refractivity contribution in [1.82, 2.24) is 19.0 Å². The Morgan fingerprint density at radius 3 is 2.54 bits per heavy atom. The fourth-order valence-electron chi connectivity index (χ4n) is 4.37. The van der Waals surface area contributed by atoms with E-state index in [0.717, 1.165) is 5.56 Å². The summed E-state index contributed by atoms with van der Waals surface area (Å²) < 4.78 is 26.7. The second-order valence-electron chi connectivity index (χ2n) is 7.85. The normalized spacial score (nSPS) is 21.5. The number of nitrogens with zero attached hydrogens (tertiary/aromatic N) is 4. The Morgan fingerprint density at radius 1 is 1.18 bits per heavy atom. The summed E-state index contributed by atoms with van der Waals surface area (Å²) in [5.41, 5.74) is 3.54. The first kappa shape index (κ1) is 19.1. The van der Waals surface area contributed by atoms with Crippen LogP contribution in [0.2, 0.25) is 0 Å². The molecule has 1 aromatic heterocycles. The van der Waals surface area contributed by atoms with E-state index in [1.807, 2.05) is 36.5 Å². The van der Waals surface area contributed by atoms with Gasteiger partial charge in [0.05, 0.1) is 12.5 Å². The summed E-state index contributed by atoms with van der Waals surface area (Å²) in [5, 5.41) is 4.31. The molecule has 2 aliphatic heterocycles. The van der Waals surface area contributed by atoms with Crippen LogP contribution in [-0.4, -0.2) is 59.2 Å². The SMILES string of the molecule is Cn1cc([C@H]2CN(C(=O)C3CCN(S(C)(=O)=O)CC3)Cc3ccccc32)cn1. The molecule has 1 saturated heterocycles. The molecule has 0 radical (unpaired) electrons. The first-order valence-corrected chi connectivity index (χ1v) is 11.5. The van der Waals surface area contributed by atoms with E-state index in [9.17, 15) is 13.2 Å². The second-order valence-corrected chi connectivity index (χ2v) is 9.84. The lowest BCUT2D eigenvalue weighted by Crippen LogP contribution is -2.46. The Balaban J connectivity index is 1.54. The molecule has 0 aliphatic carbocycles. The molecule has 7 nitrogen and oxygen atoms in total. The Bertz CT molecular complexity index is 977. The lowest BCUT2D eigenvalue weighted by atomic mass is 9.85. The number of carbonyl (C=O) groups is 1. The van der Waals surface area contributed by atoms with E-state index in [1.165, 1.54) is 21.7 Å². The summed E-state index contributed by atoms with van der Waals surface area (Å²) in [6, 6.07) is 8.28. The van der Waals surface area contributed by atoms with Crippen LogP contribution in [0.15, 0.2) is 36.7 Å². The molecule has 1 aromatic carbocycles. The van der Waals surface area contributed by atoms with Crippen LogP contribution < -0.4 is 0 Å². The number of piperidine rings is 1. The number of sulfonamides is 1. The van der Waals surface area contributed by atoms with Crippen LogP contribution in [0.25, 0.3) is 0 Å². The van der Waals surface area contributed by atoms with Gasteiger partial charge in [-0.15, -0.1) is 0 Å². The van der Waals surface area contributed by atoms with Gasteiger partial charge in [-0.1, -0.05) is 24.3 Å². The number of fused-ring (bicyclic) bond motifs is 1. The van der Waals surface area contributed by atoms with Gasteiger partial charge in [-0.3, -0.25) is 9.48 Å². The Hall–Kier alpha value is -2.19. The molecule has 150 valence electrons. The Kier molecular flexibility index (Phi) is 5.01. The number of hydrogen-bond donors (Lipinski definition) is 0. The van der Waals surface area contributed by atoms with Crippen molar-refractivity contribution in [3.05, 3.63) is 53.3 Å². The summed E-state index contributed by atoms with van der Waals surface area (Å²) in [6.07, 6.45) is 6.29. The zero-order valence-corrected chi connectivity index (χ0v) is 17.1. The molecular formula is C20H26N4O3S. The molecule has 2 aromatic rings. The molecule has 8 heteroatoms. The summed E-state index contributed by atoms with van der Waals surface area (Å²) in [5.74, 6) is 0.132. The standard InChI is InChI=1S/C20H26N4O3S/c1-22-12-17(11-21-22)19-14-23(13-16-5-3-4-6-18(16)19)20(25)15-7-9-24(10-8-15)28(2,26)27/h3-6,11-12,15,19H,7-10,13-14H2,1-2H3/t19-/m1/s1. The molecule has 0 N–H and O–H groups in total. The van der Waals surface area contributed by atoms with Gasteiger partial charge < -0.3 is 4.90 Å². The van der Waals surface area contributed by atoms with Crippen molar-refractivity contribution in [2.45, 2.75) is 25.3 Å². The quantitative estimate of drug-likeness (QED) is 0.781. The van der Waals surface area contributed by atoms with E-state index in [4.69, 9.17) is 0 Å². The van der Waals surface area contributed by atoms with E-state index in [1.54, 1.807) is 4.68 Å². The van der Waals surface area contributed by atoms with Gasteiger partial charge in [0.1, 0.15) is 0 Å². The van der Waals surface area contributed by atoms with Crippen LogP contribution in [0.4, 0.5) is 0 Å². The van der Waals surface area contributed by atoms with Crippen molar-refractivity contribution in [3.63, 3.8) is 0 Å². The van der Waals surface area contributed by atoms with E-state index in [2.05, 4.69) is 17.2 Å². The molecule has 28 heavy (non-hydrogen) atoms.